The molecule has 1 atom stereocenters. The van der Waals surface area contributed by atoms with E-state index in [1.807, 2.05) is 30.3 Å². The number of aliphatic hydroxyl groups excluding tert-OH is 1. The zero-order valence-electron chi connectivity index (χ0n) is 10.5. The Labute approximate surface area is 111 Å². The van der Waals surface area contributed by atoms with Crippen molar-refractivity contribution in [2.24, 2.45) is 5.92 Å². The van der Waals surface area contributed by atoms with Gasteiger partial charge in [0.25, 0.3) is 0 Å². The highest BCUT2D eigenvalue weighted by Crippen LogP contribution is 2.02. The van der Waals surface area contributed by atoms with Gasteiger partial charge in [-0.1, -0.05) is 30.3 Å². The largest absolute Gasteiger partial charge is 0.481 e. The lowest BCUT2D eigenvalue weighted by atomic mass is 10.1. The van der Waals surface area contributed by atoms with E-state index in [9.17, 15) is 9.59 Å². The summed E-state index contributed by atoms with van der Waals surface area (Å²) < 4.78 is 0. The summed E-state index contributed by atoms with van der Waals surface area (Å²) in [5.41, 5.74) is 0.905. The fraction of sp³-hybridized carbons (Fsp3) is 0.286. The molecule has 1 unspecified atom stereocenters. The Morgan fingerprint density at radius 2 is 1.95 bits per heavy atom. The second-order valence-electron chi connectivity index (χ2n) is 4.14. The molecule has 1 rings (SSSR count). The van der Waals surface area contributed by atoms with E-state index in [2.05, 4.69) is 5.32 Å². The van der Waals surface area contributed by atoms with Crippen LogP contribution in [0.1, 0.15) is 12.0 Å². The van der Waals surface area contributed by atoms with Crippen LogP contribution in [-0.4, -0.2) is 35.2 Å². The molecule has 0 bridgehead atoms. The van der Waals surface area contributed by atoms with Crippen molar-refractivity contribution in [2.75, 3.05) is 13.2 Å². The van der Waals surface area contributed by atoms with Crippen LogP contribution in [0.4, 0.5) is 0 Å². The highest BCUT2D eigenvalue weighted by molar-refractivity contribution is 5.91. The lowest BCUT2D eigenvalue weighted by Crippen LogP contribution is -2.30. The van der Waals surface area contributed by atoms with Crippen LogP contribution in [0.25, 0.3) is 6.08 Å². The molecule has 0 heterocycles. The molecule has 0 aliphatic carbocycles. The highest BCUT2D eigenvalue weighted by atomic mass is 16.4. The van der Waals surface area contributed by atoms with Gasteiger partial charge in [0.15, 0.2) is 0 Å². The number of benzene rings is 1. The number of carbonyl (C=O) groups is 2. The van der Waals surface area contributed by atoms with Gasteiger partial charge in [-0.15, -0.1) is 0 Å². The molecule has 0 saturated carbocycles. The van der Waals surface area contributed by atoms with Gasteiger partial charge in [-0.2, -0.15) is 0 Å². The number of aliphatic hydroxyl groups is 1. The summed E-state index contributed by atoms with van der Waals surface area (Å²) in [5, 5.41) is 20.1. The highest BCUT2D eigenvalue weighted by Gasteiger charge is 2.12. The van der Waals surface area contributed by atoms with Gasteiger partial charge in [0.2, 0.25) is 5.91 Å². The Balaban J connectivity index is 2.39. The summed E-state index contributed by atoms with van der Waals surface area (Å²) >= 11 is 0. The van der Waals surface area contributed by atoms with E-state index in [0.717, 1.165) is 5.56 Å². The van der Waals surface area contributed by atoms with Crippen LogP contribution in [-0.2, 0) is 9.59 Å². The van der Waals surface area contributed by atoms with Gasteiger partial charge >= 0.3 is 5.97 Å². The van der Waals surface area contributed by atoms with E-state index in [0.29, 0.717) is 0 Å². The molecule has 0 spiro atoms. The molecule has 0 aromatic heterocycles. The van der Waals surface area contributed by atoms with Gasteiger partial charge in [-0.25, -0.2) is 0 Å². The number of hydrogen-bond acceptors (Lipinski definition) is 3. The molecule has 5 nitrogen and oxygen atoms in total. The van der Waals surface area contributed by atoms with E-state index >= 15 is 0 Å². The minimum absolute atomic E-state index is 0.140. The number of hydrogen-bond donors (Lipinski definition) is 3. The minimum Gasteiger partial charge on any atom is -0.481 e. The first-order chi connectivity index (χ1) is 9.11. The Kier molecular flexibility index (Phi) is 6.32. The number of nitrogens with one attached hydrogen (secondary N) is 1. The van der Waals surface area contributed by atoms with Crippen LogP contribution in [0.2, 0.25) is 0 Å². The molecular weight excluding hydrogens is 246 g/mol. The number of carboxylic acids is 1. The normalized spacial score (nSPS) is 12.3. The zero-order valence-corrected chi connectivity index (χ0v) is 10.5. The summed E-state index contributed by atoms with van der Waals surface area (Å²) in [6.07, 6.45) is 2.88. The average molecular weight is 263 g/mol. The molecular formula is C14H17NO4. The SMILES string of the molecule is O=C(O)CC(CO)CNC(=O)/C=C/c1ccccc1. The summed E-state index contributed by atoms with van der Waals surface area (Å²) in [7, 11) is 0. The topological polar surface area (TPSA) is 86.6 Å². The van der Waals surface area contributed by atoms with Crippen molar-refractivity contribution < 1.29 is 19.8 Å². The second-order valence-corrected chi connectivity index (χ2v) is 4.14. The number of carbonyl (C=O) groups excluding carboxylic acids is 1. The van der Waals surface area contributed by atoms with E-state index in [4.69, 9.17) is 10.2 Å². The predicted octanol–water partition coefficient (Wildman–Crippen LogP) is 0.899. The van der Waals surface area contributed by atoms with Crippen molar-refractivity contribution in [1.29, 1.82) is 0 Å². The van der Waals surface area contributed by atoms with E-state index in [1.165, 1.54) is 6.08 Å². The summed E-state index contributed by atoms with van der Waals surface area (Å²) in [6, 6.07) is 9.35. The van der Waals surface area contributed by atoms with Crippen molar-refractivity contribution in [3.8, 4) is 0 Å². The number of carboxylic acid groups (broad SMARTS) is 1. The summed E-state index contributed by atoms with van der Waals surface area (Å²) in [5.74, 6) is -1.77. The lowest BCUT2D eigenvalue weighted by Gasteiger charge is -2.11. The van der Waals surface area contributed by atoms with Gasteiger partial charge in [-0.05, 0) is 11.6 Å². The van der Waals surface area contributed by atoms with Gasteiger partial charge in [-0.3, -0.25) is 9.59 Å². The fourth-order valence-corrected chi connectivity index (χ4v) is 1.49. The van der Waals surface area contributed by atoms with Crippen molar-refractivity contribution in [3.05, 3.63) is 42.0 Å². The van der Waals surface area contributed by atoms with Crippen molar-refractivity contribution in [1.82, 2.24) is 5.32 Å². The Morgan fingerprint density at radius 1 is 1.26 bits per heavy atom. The number of rotatable bonds is 7. The summed E-state index contributed by atoms with van der Waals surface area (Å²) in [4.78, 5) is 22.0. The molecule has 0 aliphatic heterocycles. The average Bonchev–Trinajstić information content (AvgIpc) is 2.42. The minimum atomic E-state index is -0.992. The van der Waals surface area contributed by atoms with Crippen LogP contribution >= 0.6 is 0 Å². The molecule has 0 fully saturated rings. The Hall–Kier alpha value is -2.14. The van der Waals surface area contributed by atoms with Crippen molar-refractivity contribution in [2.45, 2.75) is 6.42 Å². The third-order valence-corrected chi connectivity index (χ3v) is 2.51. The summed E-state index contributed by atoms with van der Waals surface area (Å²) in [6.45, 7) is -0.129. The van der Waals surface area contributed by atoms with Gasteiger partial charge in [0.1, 0.15) is 0 Å². The number of aliphatic carboxylic acids is 1. The van der Waals surface area contributed by atoms with Crippen LogP contribution in [0, 0.1) is 5.92 Å². The second kappa shape index (κ2) is 8.05. The quantitative estimate of drug-likeness (QED) is 0.638. The maximum absolute atomic E-state index is 11.5. The molecule has 0 aliphatic rings. The Bertz CT molecular complexity index is 442. The molecule has 1 amide bonds. The molecule has 0 radical (unpaired) electrons. The first kappa shape index (κ1) is 14.9. The standard InChI is InChI=1S/C14H17NO4/c16-10-12(8-14(18)19)9-15-13(17)7-6-11-4-2-1-3-5-11/h1-7,12,16H,8-10H2,(H,15,17)(H,18,19)/b7-6+. The van der Waals surface area contributed by atoms with Crippen molar-refractivity contribution in [3.63, 3.8) is 0 Å². The lowest BCUT2D eigenvalue weighted by molar-refractivity contribution is -0.138. The molecule has 0 saturated heterocycles. The third-order valence-electron chi connectivity index (χ3n) is 2.51. The maximum Gasteiger partial charge on any atom is 0.303 e. The predicted molar refractivity (Wildman–Crippen MR) is 71.3 cm³/mol. The van der Waals surface area contributed by atoms with Crippen LogP contribution in [0.15, 0.2) is 36.4 Å². The molecule has 102 valence electrons. The van der Waals surface area contributed by atoms with Crippen LogP contribution in [0.3, 0.4) is 0 Å². The van der Waals surface area contributed by atoms with Gasteiger partial charge in [0.05, 0.1) is 6.42 Å². The monoisotopic (exact) mass is 263 g/mol. The molecule has 19 heavy (non-hydrogen) atoms. The van der Waals surface area contributed by atoms with Crippen LogP contribution in [0.5, 0.6) is 0 Å². The Morgan fingerprint density at radius 3 is 2.53 bits per heavy atom. The molecule has 5 heteroatoms. The first-order valence-corrected chi connectivity index (χ1v) is 5.95. The molecule has 1 aromatic carbocycles. The van der Waals surface area contributed by atoms with Crippen molar-refractivity contribution >= 4 is 18.0 Å². The van der Waals surface area contributed by atoms with Crippen LogP contribution < -0.4 is 5.32 Å². The third kappa shape index (κ3) is 6.38. The smallest absolute Gasteiger partial charge is 0.303 e. The molecule has 3 N–H and O–H groups in total. The maximum atomic E-state index is 11.5. The van der Waals surface area contributed by atoms with E-state index in [-0.39, 0.29) is 25.5 Å². The zero-order chi connectivity index (χ0) is 14.1. The fourth-order valence-electron chi connectivity index (χ4n) is 1.49. The molecule has 1 aromatic rings. The van der Waals surface area contributed by atoms with Gasteiger partial charge < -0.3 is 15.5 Å². The van der Waals surface area contributed by atoms with E-state index < -0.39 is 11.9 Å². The van der Waals surface area contributed by atoms with Gasteiger partial charge in [0, 0.05) is 25.1 Å². The van der Waals surface area contributed by atoms with E-state index in [1.54, 1.807) is 6.08 Å². The number of amides is 1. The first-order valence-electron chi connectivity index (χ1n) is 5.95.